The minimum absolute atomic E-state index is 0.0871. The highest BCUT2D eigenvalue weighted by Gasteiger charge is 2.44. The van der Waals surface area contributed by atoms with Crippen molar-refractivity contribution in [3.8, 4) is 12.3 Å². The first-order valence-electron chi connectivity index (χ1n) is 9.33. The van der Waals surface area contributed by atoms with Gasteiger partial charge in [0, 0.05) is 18.3 Å². The van der Waals surface area contributed by atoms with Crippen LogP contribution in [-0.4, -0.2) is 30.3 Å². The Bertz CT molecular complexity index is 926. The van der Waals surface area contributed by atoms with Gasteiger partial charge in [0.15, 0.2) is 0 Å². The Kier molecular flexibility index (Phi) is 5.79. The van der Waals surface area contributed by atoms with Crippen LogP contribution in [0.3, 0.4) is 0 Å². The lowest BCUT2D eigenvalue weighted by Crippen LogP contribution is -2.46. The molecule has 144 valence electrons. The van der Waals surface area contributed by atoms with Gasteiger partial charge in [-0.3, -0.25) is 9.59 Å². The Morgan fingerprint density at radius 1 is 1.18 bits per heavy atom. The minimum atomic E-state index is -0.763. The Morgan fingerprint density at radius 3 is 2.57 bits per heavy atom. The van der Waals surface area contributed by atoms with Crippen LogP contribution < -0.4 is 5.32 Å². The van der Waals surface area contributed by atoms with Crippen LogP contribution in [0.5, 0.6) is 0 Å². The summed E-state index contributed by atoms with van der Waals surface area (Å²) >= 11 is 0. The number of terminal acetylenes is 1. The molecule has 0 unspecified atom stereocenters. The summed E-state index contributed by atoms with van der Waals surface area (Å²) in [5.41, 5.74) is 1.17. The molecule has 0 radical (unpaired) electrons. The van der Waals surface area contributed by atoms with Gasteiger partial charge in [-0.05, 0) is 48.7 Å². The van der Waals surface area contributed by atoms with Crippen LogP contribution in [0.25, 0.3) is 0 Å². The van der Waals surface area contributed by atoms with Gasteiger partial charge >= 0.3 is 0 Å². The van der Waals surface area contributed by atoms with Crippen molar-refractivity contribution in [3.05, 3.63) is 65.5 Å². The maximum atomic E-state index is 13.8. The van der Waals surface area contributed by atoms with E-state index in [1.54, 1.807) is 43.4 Å². The average Bonchev–Trinajstić information content (AvgIpc) is 3.18. The van der Waals surface area contributed by atoms with Crippen molar-refractivity contribution in [2.24, 2.45) is 0 Å². The van der Waals surface area contributed by atoms with Gasteiger partial charge in [0.1, 0.15) is 5.82 Å². The molecule has 5 heteroatoms. The number of anilines is 1. The van der Waals surface area contributed by atoms with Gasteiger partial charge in [0.25, 0.3) is 0 Å². The van der Waals surface area contributed by atoms with E-state index in [2.05, 4.69) is 11.2 Å². The van der Waals surface area contributed by atoms with E-state index in [0.29, 0.717) is 29.7 Å². The molecular formula is C23H23FN2O2. The second kappa shape index (κ2) is 8.26. The third kappa shape index (κ3) is 4.07. The standard InChI is InChI=1S/C23H23FN2O2/c1-3-17-8-6-11-20(14-17)25-21(27)16-26(2)22(28)23(12-4-5-13-23)18-9-7-10-19(24)15-18/h1,6-11,14-15H,4-5,12-13,16H2,2H3,(H,25,27). The molecule has 1 N–H and O–H groups in total. The number of likely N-dealkylation sites (N-methyl/N-ethyl adjacent to an activating group) is 1. The lowest BCUT2D eigenvalue weighted by molar-refractivity contribution is -0.138. The number of carbonyl (C=O) groups excluding carboxylic acids is 2. The third-order valence-corrected chi connectivity index (χ3v) is 5.28. The van der Waals surface area contributed by atoms with Gasteiger partial charge in [0.05, 0.1) is 12.0 Å². The van der Waals surface area contributed by atoms with E-state index in [-0.39, 0.29) is 24.2 Å². The predicted octanol–water partition coefficient (Wildman–Crippen LogP) is 3.72. The van der Waals surface area contributed by atoms with E-state index in [1.807, 2.05) is 0 Å². The molecule has 1 aliphatic rings. The summed E-state index contributed by atoms with van der Waals surface area (Å²) in [5, 5.41) is 2.77. The zero-order valence-electron chi connectivity index (χ0n) is 15.9. The summed E-state index contributed by atoms with van der Waals surface area (Å²) < 4.78 is 13.8. The maximum absolute atomic E-state index is 13.8. The molecule has 3 rings (SSSR count). The Morgan fingerprint density at radius 2 is 1.89 bits per heavy atom. The van der Waals surface area contributed by atoms with Crippen LogP contribution >= 0.6 is 0 Å². The van der Waals surface area contributed by atoms with Crippen LogP contribution in [-0.2, 0) is 15.0 Å². The molecule has 28 heavy (non-hydrogen) atoms. The molecule has 4 nitrogen and oxygen atoms in total. The molecule has 0 atom stereocenters. The first-order chi connectivity index (χ1) is 13.4. The van der Waals surface area contributed by atoms with E-state index < -0.39 is 5.41 Å². The van der Waals surface area contributed by atoms with Gasteiger partial charge in [-0.1, -0.05) is 37.0 Å². The summed E-state index contributed by atoms with van der Waals surface area (Å²) in [7, 11) is 1.61. The highest BCUT2D eigenvalue weighted by atomic mass is 19.1. The summed E-state index contributed by atoms with van der Waals surface area (Å²) in [6, 6.07) is 13.2. The number of nitrogens with zero attached hydrogens (tertiary/aromatic N) is 1. The second-order valence-electron chi connectivity index (χ2n) is 7.23. The maximum Gasteiger partial charge on any atom is 0.243 e. The van der Waals surface area contributed by atoms with Gasteiger partial charge in [-0.25, -0.2) is 4.39 Å². The minimum Gasteiger partial charge on any atom is -0.336 e. The van der Waals surface area contributed by atoms with Crippen molar-refractivity contribution in [2.75, 3.05) is 18.9 Å². The van der Waals surface area contributed by atoms with E-state index in [9.17, 15) is 14.0 Å². The number of rotatable bonds is 5. The fraction of sp³-hybridized carbons (Fsp3) is 0.304. The van der Waals surface area contributed by atoms with Gasteiger partial charge in [0.2, 0.25) is 11.8 Å². The van der Waals surface area contributed by atoms with Crippen molar-refractivity contribution in [2.45, 2.75) is 31.1 Å². The van der Waals surface area contributed by atoms with E-state index in [4.69, 9.17) is 6.42 Å². The number of benzene rings is 2. The first kappa shape index (κ1) is 19.6. The smallest absolute Gasteiger partial charge is 0.243 e. The van der Waals surface area contributed by atoms with E-state index in [1.165, 1.54) is 17.0 Å². The van der Waals surface area contributed by atoms with Crippen molar-refractivity contribution >= 4 is 17.5 Å². The molecular weight excluding hydrogens is 355 g/mol. The highest BCUT2D eigenvalue weighted by molar-refractivity contribution is 5.96. The molecule has 1 fully saturated rings. The number of halogens is 1. The fourth-order valence-corrected chi connectivity index (χ4v) is 3.93. The molecule has 0 spiro atoms. The fourth-order valence-electron chi connectivity index (χ4n) is 3.93. The van der Waals surface area contributed by atoms with Crippen molar-refractivity contribution < 1.29 is 14.0 Å². The number of hydrogen-bond donors (Lipinski definition) is 1. The Labute approximate surface area is 164 Å². The van der Waals surface area contributed by atoms with Crippen LogP contribution in [0.4, 0.5) is 10.1 Å². The molecule has 1 saturated carbocycles. The van der Waals surface area contributed by atoms with Crippen LogP contribution in [0.2, 0.25) is 0 Å². The molecule has 0 aliphatic heterocycles. The summed E-state index contributed by atoms with van der Waals surface area (Å²) in [5.74, 6) is 1.70. The zero-order valence-corrected chi connectivity index (χ0v) is 15.9. The molecule has 0 aromatic heterocycles. The average molecular weight is 378 g/mol. The molecule has 2 aromatic carbocycles. The molecule has 2 amide bonds. The van der Waals surface area contributed by atoms with Crippen LogP contribution in [0.1, 0.15) is 36.8 Å². The number of carbonyl (C=O) groups is 2. The van der Waals surface area contributed by atoms with Crippen LogP contribution in [0, 0.1) is 18.2 Å². The lowest BCUT2D eigenvalue weighted by atomic mass is 9.77. The SMILES string of the molecule is C#Cc1cccc(NC(=O)CN(C)C(=O)C2(c3cccc(F)c3)CCCC2)c1. The van der Waals surface area contributed by atoms with E-state index >= 15 is 0 Å². The summed E-state index contributed by atoms with van der Waals surface area (Å²) in [4.78, 5) is 27.1. The van der Waals surface area contributed by atoms with Gasteiger partial charge in [-0.15, -0.1) is 6.42 Å². The Balaban J connectivity index is 1.73. The summed E-state index contributed by atoms with van der Waals surface area (Å²) in [6.07, 6.45) is 8.50. The molecule has 2 aromatic rings. The monoisotopic (exact) mass is 378 g/mol. The quantitative estimate of drug-likeness (QED) is 0.807. The van der Waals surface area contributed by atoms with Crippen molar-refractivity contribution in [1.82, 2.24) is 4.90 Å². The molecule has 0 bridgehead atoms. The first-order valence-corrected chi connectivity index (χ1v) is 9.33. The number of hydrogen-bond acceptors (Lipinski definition) is 2. The van der Waals surface area contributed by atoms with Crippen molar-refractivity contribution in [3.63, 3.8) is 0 Å². The molecule has 1 aliphatic carbocycles. The number of amides is 2. The molecule has 0 heterocycles. The van der Waals surface area contributed by atoms with Gasteiger partial charge in [-0.2, -0.15) is 0 Å². The largest absolute Gasteiger partial charge is 0.336 e. The zero-order chi connectivity index (χ0) is 20.1. The second-order valence-corrected chi connectivity index (χ2v) is 7.23. The van der Waals surface area contributed by atoms with Gasteiger partial charge < -0.3 is 10.2 Å². The predicted molar refractivity (Wildman–Crippen MR) is 107 cm³/mol. The topological polar surface area (TPSA) is 49.4 Å². The lowest BCUT2D eigenvalue weighted by Gasteiger charge is -2.32. The van der Waals surface area contributed by atoms with Crippen LogP contribution in [0.15, 0.2) is 48.5 Å². The number of nitrogens with one attached hydrogen (secondary N) is 1. The normalized spacial score (nSPS) is 14.9. The Hall–Kier alpha value is -3.13. The molecule has 0 saturated heterocycles. The van der Waals surface area contributed by atoms with E-state index in [0.717, 1.165) is 12.8 Å². The third-order valence-electron chi connectivity index (χ3n) is 5.28. The summed E-state index contributed by atoms with van der Waals surface area (Å²) in [6.45, 7) is -0.0871. The highest BCUT2D eigenvalue weighted by Crippen LogP contribution is 2.42. The van der Waals surface area contributed by atoms with Crippen molar-refractivity contribution in [1.29, 1.82) is 0 Å².